The predicted octanol–water partition coefficient (Wildman–Crippen LogP) is 2.27. The maximum atomic E-state index is 11.0. The maximum Gasteiger partial charge on any atom is 0.303 e. The first-order valence-electron chi connectivity index (χ1n) is 5.74. The Labute approximate surface area is 110 Å². The zero-order valence-corrected chi connectivity index (χ0v) is 10.8. The molecule has 0 fully saturated rings. The molecule has 1 aromatic rings. The van der Waals surface area contributed by atoms with E-state index in [0.717, 1.165) is 0 Å². The van der Waals surface area contributed by atoms with Crippen LogP contribution in [0.2, 0.25) is 0 Å². The van der Waals surface area contributed by atoms with Gasteiger partial charge >= 0.3 is 5.97 Å². The Morgan fingerprint density at radius 2 is 2.26 bits per heavy atom. The molecule has 0 spiro atoms. The van der Waals surface area contributed by atoms with Gasteiger partial charge in [-0.25, -0.2) is 0 Å². The highest BCUT2D eigenvalue weighted by Crippen LogP contribution is 2.29. The van der Waals surface area contributed by atoms with Gasteiger partial charge in [-0.1, -0.05) is 0 Å². The number of carboxylic acid groups (broad SMARTS) is 1. The number of carboxylic acids is 1. The van der Waals surface area contributed by atoms with Gasteiger partial charge in [0, 0.05) is 12.5 Å². The van der Waals surface area contributed by atoms with Crippen molar-refractivity contribution < 1.29 is 19.6 Å². The molecular formula is C12H16N2O5. The summed E-state index contributed by atoms with van der Waals surface area (Å²) < 4.78 is 4.93. The zero-order valence-electron chi connectivity index (χ0n) is 10.8. The summed E-state index contributed by atoms with van der Waals surface area (Å²) in [6.45, 7) is 1.77. The molecular weight excluding hydrogens is 252 g/mol. The van der Waals surface area contributed by atoms with Gasteiger partial charge in [0.15, 0.2) is 0 Å². The number of aliphatic carboxylic acids is 1. The van der Waals surface area contributed by atoms with Gasteiger partial charge in [-0.15, -0.1) is 0 Å². The van der Waals surface area contributed by atoms with Crippen LogP contribution in [0.15, 0.2) is 18.2 Å². The summed E-state index contributed by atoms with van der Waals surface area (Å²) in [7, 11) is 1.43. The number of benzene rings is 1. The summed E-state index contributed by atoms with van der Waals surface area (Å²) in [5, 5.41) is 22.5. The van der Waals surface area contributed by atoms with E-state index in [1.165, 1.54) is 13.2 Å². The largest absolute Gasteiger partial charge is 0.496 e. The molecule has 2 N–H and O–H groups in total. The lowest BCUT2D eigenvalue weighted by Gasteiger charge is -2.14. The third-order valence-electron chi connectivity index (χ3n) is 2.59. The van der Waals surface area contributed by atoms with Crippen LogP contribution in [-0.4, -0.2) is 29.2 Å². The van der Waals surface area contributed by atoms with E-state index in [-0.39, 0.29) is 18.2 Å². The maximum absolute atomic E-state index is 11.0. The monoisotopic (exact) mass is 268 g/mol. The molecule has 0 bridgehead atoms. The molecule has 0 aliphatic heterocycles. The second-order valence-corrected chi connectivity index (χ2v) is 4.12. The molecule has 0 saturated carbocycles. The summed E-state index contributed by atoms with van der Waals surface area (Å²) >= 11 is 0. The molecule has 0 aliphatic carbocycles. The van der Waals surface area contributed by atoms with Crippen molar-refractivity contribution in [3.8, 4) is 5.75 Å². The molecule has 104 valence electrons. The Morgan fingerprint density at radius 3 is 2.79 bits per heavy atom. The molecule has 7 heteroatoms. The van der Waals surface area contributed by atoms with Gasteiger partial charge in [-0.3, -0.25) is 14.9 Å². The number of hydrogen-bond donors (Lipinski definition) is 2. The molecule has 0 amide bonds. The van der Waals surface area contributed by atoms with Crippen LogP contribution < -0.4 is 10.1 Å². The molecule has 0 saturated heterocycles. The normalized spacial score (nSPS) is 11.7. The Hall–Kier alpha value is -2.31. The first kappa shape index (κ1) is 14.7. The lowest BCUT2D eigenvalue weighted by Crippen LogP contribution is -2.17. The number of nitro benzene ring substituents is 1. The summed E-state index contributed by atoms with van der Waals surface area (Å²) in [5.74, 6) is -0.492. The molecule has 1 rings (SSSR count). The van der Waals surface area contributed by atoms with E-state index in [0.29, 0.717) is 17.9 Å². The van der Waals surface area contributed by atoms with E-state index in [1.54, 1.807) is 19.1 Å². The number of nitro groups is 1. The fraction of sp³-hybridized carbons (Fsp3) is 0.417. The van der Waals surface area contributed by atoms with Crippen LogP contribution in [0.25, 0.3) is 0 Å². The van der Waals surface area contributed by atoms with Crippen molar-refractivity contribution in [2.24, 2.45) is 0 Å². The average molecular weight is 268 g/mol. The molecule has 0 radical (unpaired) electrons. The van der Waals surface area contributed by atoms with E-state index in [9.17, 15) is 14.9 Å². The number of carbonyl (C=O) groups is 1. The Kier molecular flexibility index (Phi) is 5.11. The van der Waals surface area contributed by atoms with Crippen LogP contribution in [0.1, 0.15) is 19.8 Å². The summed E-state index contributed by atoms with van der Waals surface area (Å²) in [6, 6.07) is 4.31. The van der Waals surface area contributed by atoms with Gasteiger partial charge < -0.3 is 15.2 Å². The molecule has 19 heavy (non-hydrogen) atoms. The highest BCUT2D eigenvalue weighted by Gasteiger charge is 2.17. The van der Waals surface area contributed by atoms with Crippen molar-refractivity contribution in [2.45, 2.75) is 25.8 Å². The van der Waals surface area contributed by atoms with E-state index in [4.69, 9.17) is 9.84 Å². The second-order valence-electron chi connectivity index (χ2n) is 4.12. The number of nitrogens with one attached hydrogen (secondary N) is 1. The van der Waals surface area contributed by atoms with E-state index >= 15 is 0 Å². The molecule has 0 heterocycles. The van der Waals surface area contributed by atoms with E-state index < -0.39 is 10.9 Å². The lowest BCUT2D eigenvalue weighted by atomic mass is 10.1. The number of methoxy groups -OCH3 is 1. The Bertz CT molecular complexity index is 475. The van der Waals surface area contributed by atoms with Crippen molar-refractivity contribution in [3.05, 3.63) is 28.3 Å². The Balaban J connectivity index is 2.82. The average Bonchev–Trinajstić information content (AvgIpc) is 2.36. The molecule has 1 unspecified atom stereocenters. The van der Waals surface area contributed by atoms with Gasteiger partial charge in [-0.05, 0) is 25.5 Å². The topological polar surface area (TPSA) is 102 Å². The molecule has 0 aromatic heterocycles. The zero-order chi connectivity index (χ0) is 14.4. The number of ether oxygens (including phenoxy) is 1. The molecule has 1 aromatic carbocycles. The van der Waals surface area contributed by atoms with E-state index in [2.05, 4.69) is 5.32 Å². The lowest BCUT2D eigenvalue weighted by molar-refractivity contribution is -0.384. The number of nitrogens with zero attached hydrogens (tertiary/aromatic N) is 1. The van der Waals surface area contributed by atoms with Crippen molar-refractivity contribution in [1.29, 1.82) is 0 Å². The second kappa shape index (κ2) is 6.58. The third-order valence-corrected chi connectivity index (χ3v) is 2.59. The van der Waals surface area contributed by atoms with Crippen molar-refractivity contribution >= 4 is 17.3 Å². The smallest absolute Gasteiger partial charge is 0.303 e. The van der Waals surface area contributed by atoms with Gasteiger partial charge in [0.25, 0.3) is 5.69 Å². The van der Waals surface area contributed by atoms with Crippen LogP contribution in [-0.2, 0) is 4.79 Å². The van der Waals surface area contributed by atoms with Gasteiger partial charge in [0.05, 0.1) is 18.1 Å². The molecule has 1 atom stereocenters. The number of anilines is 1. The molecule has 7 nitrogen and oxygen atoms in total. The molecule has 0 aliphatic rings. The van der Waals surface area contributed by atoms with Crippen LogP contribution in [0.4, 0.5) is 11.4 Å². The van der Waals surface area contributed by atoms with Gasteiger partial charge in [0.2, 0.25) is 0 Å². The van der Waals surface area contributed by atoms with Crippen LogP contribution in [0.5, 0.6) is 5.75 Å². The van der Waals surface area contributed by atoms with Crippen LogP contribution >= 0.6 is 0 Å². The van der Waals surface area contributed by atoms with Crippen molar-refractivity contribution in [3.63, 3.8) is 0 Å². The van der Waals surface area contributed by atoms with Crippen LogP contribution in [0.3, 0.4) is 0 Å². The quantitative estimate of drug-likeness (QED) is 0.581. The summed E-state index contributed by atoms with van der Waals surface area (Å²) in [5.41, 5.74) is 0.255. The summed E-state index contributed by atoms with van der Waals surface area (Å²) in [6.07, 6.45) is 0.399. The number of hydrogen-bond acceptors (Lipinski definition) is 5. The van der Waals surface area contributed by atoms with Gasteiger partial charge in [0.1, 0.15) is 11.4 Å². The highest BCUT2D eigenvalue weighted by molar-refractivity contribution is 5.67. The minimum Gasteiger partial charge on any atom is -0.496 e. The fourth-order valence-electron chi connectivity index (χ4n) is 1.59. The third kappa shape index (κ3) is 4.46. The van der Waals surface area contributed by atoms with Gasteiger partial charge in [-0.2, -0.15) is 0 Å². The van der Waals surface area contributed by atoms with Crippen molar-refractivity contribution in [1.82, 2.24) is 0 Å². The minimum absolute atomic E-state index is 0.0120. The Morgan fingerprint density at radius 1 is 1.58 bits per heavy atom. The first-order chi connectivity index (χ1) is 8.93. The van der Waals surface area contributed by atoms with Crippen molar-refractivity contribution in [2.75, 3.05) is 12.4 Å². The summed E-state index contributed by atoms with van der Waals surface area (Å²) in [4.78, 5) is 20.9. The minimum atomic E-state index is -0.891. The first-order valence-corrected chi connectivity index (χ1v) is 5.74. The number of rotatable bonds is 7. The van der Waals surface area contributed by atoms with E-state index in [1.807, 2.05) is 0 Å². The standard InChI is InChI=1S/C12H16N2O5/c1-8(3-6-12(15)16)13-10-5-4-9(19-2)7-11(10)14(17)18/h4-5,7-8,13H,3,6H2,1-2H3,(H,15,16). The fourth-order valence-corrected chi connectivity index (χ4v) is 1.59. The SMILES string of the molecule is COc1ccc(NC(C)CCC(=O)O)c([N+](=O)[O-])c1. The predicted molar refractivity (Wildman–Crippen MR) is 69.6 cm³/mol. The highest BCUT2D eigenvalue weighted by atomic mass is 16.6. The van der Waals surface area contributed by atoms with Crippen LogP contribution in [0, 0.1) is 10.1 Å².